The number of carbonyl (C=O) groups is 1. The summed E-state index contributed by atoms with van der Waals surface area (Å²) in [5.74, 6) is -0.117. The van der Waals surface area contributed by atoms with Gasteiger partial charge in [0.2, 0.25) is 0 Å². The van der Waals surface area contributed by atoms with Crippen LogP contribution in [0.4, 0.5) is 14.9 Å². The van der Waals surface area contributed by atoms with Gasteiger partial charge in [-0.25, -0.2) is 9.18 Å². The first-order valence-corrected chi connectivity index (χ1v) is 6.68. The molecule has 0 fully saturated rings. The van der Waals surface area contributed by atoms with E-state index >= 15 is 0 Å². The predicted molar refractivity (Wildman–Crippen MR) is 75.5 cm³/mol. The Kier molecular flexibility index (Phi) is 6.79. The molecule has 112 valence electrons. The Balaban J connectivity index is 2.59. The molecule has 0 saturated carbocycles. The van der Waals surface area contributed by atoms with E-state index in [0.29, 0.717) is 31.0 Å². The zero-order valence-corrected chi connectivity index (χ0v) is 11.8. The van der Waals surface area contributed by atoms with Crippen molar-refractivity contribution in [2.45, 2.75) is 32.8 Å². The molecule has 0 aliphatic rings. The summed E-state index contributed by atoms with van der Waals surface area (Å²) in [4.78, 5) is 11.7. The minimum Gasteiger partial charge on any atom is -0.491 e. The predicted octanol–water partition coefficient (Wildman–Crippen LogP) is 2.51. The molecule has 1 atom stereocenters. The molecule has 0 spiro atoms. The van der Waals surface area contributed by atoms with Crippen molar-refractivity contribution in [3.8, 4) is 5.75 Å². The minimum atomic E-state index is -0.468. The molecule has 1 aromatic carbocycles. The Morgan fingerprint density at radius 3 is 2.90 bits per heavy atom. The molecule has 3 N–H and O–H groups in total. The van der Waals surface area contributed by atoms with Gasteiger partial charge in [-0.15, -0.1) is 0 Å². The van der Waals surface area contributed by atoms with Crippen LogP contribution in [0.2, 0.25) is 0 Å². The van der Waals surface area contributed by atoms with Gasteiger partial charge in [0.1, 0.15) is 11.6 Å². The molecule has 1 aromatic rings. The third-order valence-corrected chi connectivity index (χ3v) is 2.50. The largest absolute Gasteiger partial charge is 0.491 e. The molecule has 0 aliphatic carbocycles. The quantitative estimate of drug-likeness (QED) is 0.720. The number of carbonyl (C=O) groups excluding carboxylic acids is 1. The first kappa shape index (κ1) is 16.2. The molecular weight excluding hydrogens is 263 g/mol. The van der Waals surface area contributed by atoms with Gasteiger partial charge in [0.05, 0.1) is 18.4 Å². The zero-order valence-electron chi connectivity index (χ0n) is 11.8. The maximum Gasteiger partial charge on any atom is 0.319 e. The standard InChI is InChI=1S/C14H21FN2O3/c1-3-8-20-13-9-11(15)4-5-12(13)17-14(19)16-7-6-10(2)18/h4-5,9-10,18H,3,6-8H2,1-2H3,(H2,16,17,19). The van der Waals surface area contributed by atoms with Crippen molar-refractivity contribution in [3.63, 3.8) is 0 Å². The molecule has 20 heavy (non-hydrogen) atoms. The van der Waals surface area contributed by atoms with Gasteiger partial charge < -0.3 is 20.5 Å². The van der Waals surface area contributed by atoms with E-state index in [1.54, 1.807) is 6.92 Å². The molecular formula is C14H21FN2O3. The molecule has 0 heterocycles. The van der Waals surface area contributed by atoms with E-state index in [2.05, 4.69) is 10.6 Å². The van der Waals surface area contributed by atoms with Gasteiger partial charge >= 0.3 is 6.03 Å². The highest BCUT2D eigenvalue weighted by atomic mass is 19.1. The summed E-state index contributed by atoms with van der Waals surface area (Å²) in [6.45, 7) is 4.39. The van der Waals surface area contributed by atoms with Crippen LogP contribution < -0.4 is 15.4 Å². The van der Waals surface area contributed by atoms with Crippen LogP contribution in [0.15, 0.2) is 18.2 Å². The molecule has 0 radical (unpaired) electrons. The first-order valence-electron chi connectivity index (χ1n) is 6.68. The van der Waals surface area contributed by atoms with Crippen molar-refractivity contribution in [1.82, 2.24) is 5.32 Å². The number of ether oxygens (including phenoxy) is 1. The number of anilines is 1. The smallest absolute Gasteiger partial charge is 0.319 e. The second-order valence-electron chi connectivity index (χ2n) is 4.51. The van der Waals surface area contributed by atoms with Gasteiger partial charge in [0, 0.05) is 12.6 Å². The van der Waals surface area contributed by atoms with E-state index < -0.39 is 18.0 Å². The highest BCUT2D eigenvalue weighted by Crippen LogP contribution is 2.25. The van der Waals surface area contributed by atoms with Crippen LogP contribution >= 0.6 is 0 Å². The number of aliphatic hydroxyl groups excluding tert-OH is 1. The highest BCUT2D eigenvalue weighted by molar-refractivity contribution is 5.90. The van der Waals surface area contributed by atoms with Crippen molar-refractivity contribution in [3.05, 3.63) is 24.0 Å². The van der Waals surface area contributed by atoms with Crippen LogP contribution in [-0.2, 0) is 0 Å². The molecule has 0 aliphatic heterocycles. The van der Waals surface area contributed by atoms with E-state index in [1.165, 1.54) is 18.2 Å². The van der Waals surface area contributed by atoms with E-state index in [-0.39, 0.29) is 0 Å². The molecule has 5 nitrogen and oxygen atoms in total. The van der Waals surface area contributed by atoms with Crippen molar-refractivity contribution in [1.29, 1.82) is 0 Å². The van der Waals surface area contributed by atoms with Gasteiger partial charge in [-0.3, -0.25) is 0 Å². The zero-order chi connectivity index (χ0) is 15.0. The van der Waals surface area contributed by atoms with Crippen LogP contribution in [0.1, 0.15) is 26.7 Å². The number of amides is 2. The average molecular weight is 284 g/mol. The lowest BCUT2D eigenvalue weighted by molar-refractivity contribution is 0.184. The van der Waals surface area contributed by atoms with E-state index in [4.69, 9.17) is 9.84 Å². The molecule has 2 amide bonds. The van der Waals surface area contributed by atoms with E-state index in [9.17, 15) is 9.18 Å². The summed E-state index contributed by atoms with van der Waals surface area (Å²) in [5.41, 5.74) is 0.411. The SMILES string of the molecule is CCCOc1cc(F)ccc1NC(=O)NCCC(C)O. The number of hydrogen-bond acceptors (Lipinski definition) is 3. The second kappa shape index (κ2) is 8.37. The number of hydrogen-bond donors (Lipinski definition) is 3. The third kappa shape index (κ3) is 5.88. The van der Waals surface area contributed by atoms with Crippen LogP contribution in [0.5, 0.6) is 5.75 Å². The average Bonchev–Trinajstić information content (AvgIpc) is 2.38. The first-order chi connectivity index (χ1) is 9.52. The van der Waals surface area contributed by atoms with Crippen molar-refractivity contribution >= 4 is 11.7 Å². The van der Waals surface area contributed by atoms with Crippen LogP contribution in [-0.4, -0.2) is 30.4 Å². The molecule has 6 heteroatoms. The maximum absolute atomic E-state index is 13.2. The van der Waals surface area contributed by atoms with Crippen LogP contribution in [0, 0.1) is 5.82 Å². The maximum atomic E-state index is 13.2. The summed E-state index contributed by atoms with van der Waals surface area (Å²) in [5, 5.41) is 14.3. The summed E-state index contributed by atoms with van der Waals surface area (Å²) in [6, 6.07) is 3.53. The van der Waals surface area contributed by atoms with Gasteiger partial charge in [-0.05, 0) is 31.9 Å². The second-order valence-corrected chi connectivity index (χ2v) is 4.51. The highest BCUT2D eigenvalue weighted by Gasteiger charge is 2.09. The summed E-state index contributed by atoms with van der Waals surface area (Å²) >= 11 is 0. The molecule has 0 aromatic heterocycles. The molecule has 1 rings (SSSR count). The number of aliphatic hydroxyl groups is 1. The summed E-state index contributed by atoms with van der Waals surface area (Å²) < 4.78 is 18.6. The lowest BCUT2D eigenvalue weighted by Gasteiger charge is -2.13. The number of urea groups is 1. The van der Waals surface area contributed by atoms with Crippen molar-refractivity contribution < 1.29 is 19.0 Å². The van der Waals surface area contributed by atoms with Crippen molar-refractivity contribution in [2.75, 3.05) is 18.5 Å². The fourth-order valence-corrected chi connectivity index (χ4v) is 1.49. The van der Waals surface area contributed by atoms with E-state index in [1.807, 2.05) is 6.92 Å². The van der Waals surface area contributed by atoms with Crippen LogP contribution in [0.25, 0.3) is 0 Å². The third-order valence-electron chi connectivity index (χ3n) is 2.50. The monoisotopic (exact) mass is 284 g/mol. The Bertz CT molecular complexity index is 438. The number of nitrogens with one attached hydrogen (secondary N) is 2. The summed E-state index contributed by atoms with van der Waals surface area (Å²) in [6.07, 6.45) is 0.789. The number of rotatable bonds is 7. The van der Waals surface area contributed by atoms with Gasteiger partial charge in [-0.1, -0.05) is 6.92 Å². The molecule has 0 bridgehead atoms. The summed E-state index contributed by atoms with van der Waals surface area (Å²) in [7, 11) is 0. The lowest BCUT2D eigenvalue weighted by atomic mass is 10.3. The Labute approximate surface area is 118 Å². The van der Waals surface area contributed by atoms with Gasteiger partial charge in [0.15, 0.2) is 0 Å². The van der Waals surface area contributed by atoms with Gasteiger partial charge in [0.25, 0.3) is 0 Å². The Morgan fingerprint density at radius 1 is 1.50 bits per heavy atom. The van der Waals surface area contributed by atoms with E-state index in [0.717, 1.165) is 6.42 Å². The van der Waals surface area contributed by atoms with Gasteiger partial charge in [-0.2, -0.15) is 0 Å². The molecule has 0 saturated heterocycles. The Morgan fingerprint density at radius 2 is 2.25 bits per heavy atom. The number of benzene rings is 1. The number of halogens is 1. The van der Waals surface area contributed by atoms with Crippen LogP contribution in [0.3, 0.4) is 0 Å². The fraction of sp³-hybridized carbons (Fsp3) is 0.500. The Hall–Kier alpha value is -1.82. The topological polar surface area (TPSA) is 70.6 Å². The minimum absolute atomic E-state index is 0.303. The normalized spacial score (nSPS) is 11.8. The molecule has 1 unspecified atom stereocenters. The van der Waals surface area contributed by atoms with Crippen molar-refractivity contribution in [2.24, 2.45) is 0 Å². The fourth-order valence-electron chi connectivity index (χ4n) is 1.49. The lowest BCUT2D eigenvalue weighted by Crippen LogP contribution is -2.31.